The number of aliphatic hydroxyl groups is 1. The molecule has 0 aliphatic rings. The second-order valence-corrected chi connectivity index (χ2v) is 5.29. The molecule has 0 saturated heterocycles. The van der Waals surface area contributed by atoms with Gasteiger partial charge in [0.25, 0.3) is 0 Å². The lowest BCUT2D eigenvalue weighted by Crippen LogP contribution is -2.02. The van der Waals surface area contributed by atoms with Gasteiger partial charge in [-0.2, -0.15) is 0 Å². The highest BCUT2D eigenvalue weighted by Gasteiger charge is 2.04. The minimum absolute atomic E-state index is 0.0581. The molecule has 2 aromatic heterocycles. The molecule has 0 bridgehead atoms. The molecule has 2 heterocycles. The lowest BCUT2D eigenvalue weighted by Gasteiger charge is -2.09. The first kappa shape index (κ1) is 13.6. The second-order valence-electron chi connectivity index (χ2n) is 5.29. The molecule has 0 aliphatic heterocycles. The molecule has 0 spiro atoms. The molecular formula is C17H19N3O. The van der Waals surface area contributed by atoms with Gasteiger partial charge in [0.15, 0.2) is 0 Å². The highest BCUT2D eigenvalue weighted by atomic mass is 16.3. The molecule has 0 aliphatic carbocycles. The van der Waals surface area contributed by atoms with Gasteiger partial charge in [0.05, 0.1) is 18.8 Å². The molecule has 0 radical (unpaired) electrons. The summed E-state index contributed by atoms with van der Waals surface area (Å²) < 4.78 is 2.09. The minimum Gasteiger partial charge on any atom is -0.392 e. The Morgan fingerprint density at radius 2 is 2.05 bits per heavy atom. The van der Waals surface area contributed by atoms with Crippen molar-refractivity contribution in [3.8, 4) is 0 Å². The first-order chi connectivity index (χ1) is 10.2. The maximum Gasteiger partial charge on any atom is 0.137 e. The second kappa shape index (κ2) is 5.58. The number of aryl methyl sites for hydroxylation is 2. The molecule has 3 rings (SSSR count). The Bertz CT molecular complexity index is 777. The van der Waals surface area contributed by atoms with Crippen molar-refractivity contribution >= 4 is 11.3 Å². The maximum atomic E-state index is 9.22. The van der Waals surface area contributed by atoms with Crippen LogP contribution in [-0.2, 0) is 13.2 Å². The zero-order valence-electron chi connectivity index (χ0n) is 12.3. The molecule has 4 heteroatoms. The van der Waals surface area contributed by atoms with Crippen LogP contribution in [0.15, 0.2) is 42.6 Å². The summed E-state index contributed by atoms with van der Waals surface area (Å²) in [6.07, 6.45) is 2.06. The van der Waals surface area contributed by atoms with Crippen LogP contribution in [0.1, 0.15) is 22.5 Å². The first-order valence-corrected chi connectivity index (χ1v) is 7.05. The van der Waals surface area contributed by atoms with Crippen LogP contribution in [0, 0.1) is 13.8 Å². The number of aromatic nitrogens is 2. The molecule has 1 aromatic carbocycles. The zero-order valence-corrected chi connectivity index (χ0v) is 12.3. The summed E-state index contributed by atoms with van der Waals surface area (Å²) in [6.45, 7) is 4.84. The van der Waals surface area contributed by atoms with E-state index in [4.69, 9.17) is 0 Å². The van der Waals surface area contributed by atoms with E-state index in [1.165, 1.54) is 5.69 Å². The predicted octanol–water partition coefficient (Wildman–Crippen LogP) is 3.06. The standard InChI is InChI=1S/C17H19N3O/c1-12-6-7-14(11-21)8-16(12)18-9-15-10-20-13(2)4-3-5-17(20)19-15/h3-8,10,18,21H,9,11H2,1-2H3. The lowest BCUT2D eigenvalue weighted by atomic mass is 10.1. The van der Waals surface area contributed by atoms with Crippen molar-refractivity contribution in [1.29, 1.82) is 0 Å². The summed E-state index contributed by atoms with van der Waals surface area (Å²) >= 11 is 0. The lowest BCUT2D eigenvalue weighted by molar-refractivity contribution is 0.282. The smallest absolute Gasteiger partial charge is 0.137 e. The monoisotopic (exact) mass is 281 g/mol. The van der Waals surface area contributed by atoms with Gasteiger partial charge in [0.1, 0.15) is 5.65 Å². The Hall–Kier alpha value is -2.33. The van der Waals surface area contributed by atoms with Gasteiger partial charge < -0.3 is 14.8 Å². The molecule has 21 heavy (non-hydrogen) atoms. The van der Waals surface area contributed by atoms with Gasteiger partial charge in [0.2, 0.25) is 0 Å². The number of nitrogens with zero attached hydrogens (tertiary/aromatic N) is 2. The highest BCUT2D eigenvalue weighted by Crippen LogP contribution is 2.18. The molecule has 0 fully saturated rings. The molecule has 0 atom stereocenters. The molecule has 0 amide bonds. The van der Waals surface area contributed by atoms with Crippen LogP contribution in [0.25, 0.3) is 5.65 Å². The number of anilines is 1. The molecular weight excluding hydrogens is 262 g/mol. The Morgan fingerprint density at radius 3 is 2.81 bits per heavy atom. The number of rotatable bonds is 4. The fourth-order valence-electron chi connectivity index (χ4n) is 2.43. The van der Waals surface area contributed by atoms with Crippen molar-refractivity contribution in [1.82, 2.24) is 9.38 Å². The third kappa shape index (κ3) is 2.76. The van der Waals surface area contributed by atoms with Crippen molar-refractivity contribution in [3.63, 3.8) is 0 Å². The maximum absolute atomic E-state index is 9.22. The van der Waals surface area contributed by atoms with Gasteiger partial charge in [-0.05, 0) is 43.2 Å². The molecule has 0 saturated carbocycles. The van der Waals surface area contributed by atoms with E-state index in [0.29, 0.717) is 6.54 Å². The number of benzene rings is 1. The van der Waals surface area contributed by atoms with Gasteiger partial charge in [0, 0.05) is 17.6 Å². The number of nitrogens with one attached hydrogen (secondary N) is 1. The van der Waals surface area contributed by atoms with Crippen molar-refractivity contribution in [2.24, 2.45) is 0 Å². The highest BCUT2D eigenvalue weighted by molar-refractivity contribution is 5.53. The zero-order chi connectivity index (χ0) is 14.8. The fraction of sp³-hybridized carbons (Fsp3) is 0.235. The van der Waals surface area contributed by atoms with Crippen LogP contribution in [-0.4, -0.2) is 14.5 Å². The van der Waals surface area contributed by atoms with Gasteiger partial charge in [-0.25, -0.2) is 4.98 Å². The summed E-state index contributed by atoms with van der Waals surface area (Å²) in [6, 6.07) is 12.0. The number of fused-ring (bicyclic) bond motifs is 1. The van der Waals surface area contributed by atoms with E-state index in [-0.39, 0.29) is 6.61 Å². The normalized spacial score (nSPS) is 11.0. The summed E-state index contributed by atoms with van der Waals surface area (Å²) in [5.41, 5.74) is 6.24. The first-order valence-electron chi connectivity index (χ1n) is 7.05. The van der Waals surface area contributed by atoms with Crippen molar-refractivity contribution in [3.05, 3.63) is 65.1 Å². The average molecular weight is 281 g/mol. The Kier molecular flexibility index (Phi) is 3.62. The van der Waals surface area contributed by atoms with E-state index in [1.54, 1.807) is 0 Å². The largest absolute Gasteiger partial charge is 0.392 e. The van der Waals surface area contributed by atoms with Crippen LogP contribution >= 0.6 is 0 Å². The van der Waals surface area contributed by atoms with E-state index < -0.39 is 0 Å². The molecule has 2 N–H and O–H groups in total. The Labute approximate surface area is 124 Å². The summed E-state index contributed by atoms with van der Waals surface area (Å²) in [4.78, 5) is 4.61. The molecule has 108 valence electrons. The third-order valence-corrected chi connectivity index (χ3v) is 3.69. The topological polar surface area (TPSA) is 49.6 Å². The third-order valence-electron chi connectivity index (χ3n) is 3.69. The minimum atomic E-state index is 0.0581. The van der Waals surface area contributed by atoms with E-state index >= 15 is 0 Å². The van der Waals surface area contributed by atoms with Crippen LogP contribution in [0.4, 0.5) is 5.69 Å². The van der Waals surface area contributed by atoms with Gasteiger partial charge in [-0.15, -0.1) is 0 Å². The van der Waals surface area contributed by atoms with E-state index in [2.05, 4.69) is 40.8 Å². The number of imidazole rings is 1. The molecule has 4 nitrogen and oxygen atoms in total. The Morgan fingerprint density at radius 1 is 1.19 bits per heavy atom. The SMILES string of the molecule is Cc1ccc(CO)cc1NCc1cn2c(C)cccc2n1. The summed E-state index contributed by atoms with van der Waals surface area (Å²) in [5, 5.41) is 12.6. The molecule has 0 unspecified atom stereocenters. The van der Waals surface area contributed by atoms with Gasteiger partial charge in [-0.1, -0.05) is 18.2 Å². The van der Waals surface area contributed by atoms with Crippen molar-refractivity contribution in [2.75, 3.05) is 5.32 Å². The number of hydrogen-bond donors (Lipinski definition) is 2. The van der Waals surface area contributed by atoms with Crippen LogP contribution in [0.2, 0.25) is 0 Å². The van der Waals surface area contributed by atoms with Crippen LogP contribution in [0.5, 0.6) is 0 Å². The number of hydrogen-bond acceptors (Lipinski definition) is 3. The van der Waals surface area contributed by atoms with Crippen LogP contribution in [0.3, 0.4) is 0 Å². The van der Waals surface area contributed by atoms with Crippen LogP contribution < -0.4 is 5.32 Å². The van der Waals surface area contributed by atoms with Crippen molar-refractivity contribution < 1.29 is 5.11 Å². The quantitative estimate of drug-likeness (QED) is 0.772. The predicted molar refractivity (Wildman–Crippen MR) is 84.4 cm³/mol. The number of pyridine rings is 1. The molecule has 3 aromatic rings. The van der Waals surface area contributed by atoms with E-state index in [1.807, 2.05) is 30.3 Å². The van der Waals surface area contributed by atoms with Gasteiger partial charge in [-0.3, -0.25) is 0 Å². The Balaban J connectivity index is 1.81. The summed E-state index contributed by atoms with van der Waals surface area (Å²) in [5.74, 6) is 0. The van der Waals surface area contributed by atoms with Gasteiger partial charge >= 0.3 is 0 Å². The average Bonchev–Trinajstić information content (AvgIpc) is 2.91. The van der Waals surface area contributed by atoms with E-state index in [9.17, 15) is 5.11 Å². The van der Waals surface area contributed by atoms with E-state index in [0.717, 1.165) is 28.2 Å². The summed E-state index contributed by atoms with van der Waals surface area (Å²) in [7, 11) is 0. The number of aliphatic hydroxyl groups excluding tert-OH is 1. The van der Waals surface area contributed by atoms with Crippen molar-refractivity contribution in [2.45, 2.75) is 27.0 Å². The fourth-order valence-corrected chi connectivity index (χ4v) is 2.43.